The number of methoxy groups -OCH3 is 1. The number of hydrogen-bond donors (Lipinski definition) is 0. The van der Waals surface area contributed by atoms with Crippen LogP contribution in [0.25, 0.3) is 0 Å². The van der Waals surface area contributed by atoms with Gasteiger partial charge in [0.25, 0.3) is 0 Å². The van der Waals surface area contributed by atoms with Gasteiger partial charge in [0.1, 0.15) is 5.60 Å². The SMILES string of the molecule is COC(C)(C)C(=O)c1cc(C)cc(C)c1. The molecule has 2 nitrogen and oxygen atoms in total. The fourth-order valence-electron chi connectivity index (χ4n) is 1.55. The molecule has 2 heteroatoms. The second kappa shape index (κ2) is 4.15. The number of aryl methyl sites for hydroxylation is 2. The van der Waals surface area contributed by atoms with E-state index >= 15 is 0 Å². The van der Waals surface area contributed by atoms with Crippen LogP contribution < -0.4 is 0 Å². The topological polar surface area (TPSA) is 26.3 Å². The predicted molar refractivity (Wildman–Crippen MR) is 61.3 cm³/mol. The van der Waals surface area contributed by atoms with Gasteiger partial charge in [0, 0.05) is 12.7 Å². The first-order valence-electron chi connectivity index (χ1n) is 5.05. The monoisotopic (exact) mass is 206 g/mol. The molecule has 0 aromatic heterocycles. The highest BCUT2D eigenvalue weighted by molar-refractivity contribution is 6.02. The van der Waals surface area contributed by atoms with Crippen molar-refractivity contribution in [3.05, 3.63) is 34.9 Å². The minimum atomic E-state index is -0.750. The van der Waals surface area contributed by atoms with Crippen molar-refractivity contribution in [1.29, 1.82) is 0 Å². The Morgan fingerprint density at radius 2 is 1.60 bits per heavy atom. The van der Waals surface area contributed by atoms with Crippen LogP contribution in [0.2, 0.25) is 0 Å². The molecule has 1 aromatic rings. The maximum atomic E-state index is 12.1. The number of Topliss-reactive ketones (excluding diaryl/α,β-unsaturated/α-hetero) is 1. The van der Waals surface area contributed by atoms with Crippen molar-refractivity contribution in [1.82, 2.24) is 0 Å². The van der Waals surface area contributed by atoms with Crippen LogP contribution in [0.5, 0.6) is 0 Å². The van der Waals surface area contributed by atoms with E-state index in [1.165, 1.54) is 0 Å². The van der Waals surface area contributed by atoms with Crippen LogP contribution >= 0.6 is 0 Å². The van der Waals surface area contributed by atoms with E-state index in [4.69, 9.17) is 4.74 Å². The maximum Gasteiger partial charge on any atom is 0.194 e. The first kappa shape index (κ1) is 11.9. The summed E-state index contributed by atoms with van der Waals surface area (Å²) in [7, 11) is 1.56. The van der Waals surface area contributed by atoms with Crippen molar-refractivity contribution in [2.75, 3.05) is 7.11 Å². The standard InChI is InChI=1S/C13H18O2/c1-9-6-10(2)8-11(7-9)12(14)13(3,4)15-5/h6-8H,1-5H3. The fraction of sp³-hybridized carbons (Fsp3) is 0.462. The predicted octanol–water partition coefficient (Wildman–Crippen LogP) is 2.91. The maximum absolute atomic E-state index is 12.1. The molecule has 0 bridgehead atoms. The Hall–Kier alpha value is -1.15. The molecule has 15 heavy (non-hydrogen) atoms. The fourth-order valence-corrected chi connectivity index (χ4v) is 1.55. The van der Waals surface area contributed by atoms with Crippen molar-refractivity contribution in [3.63, 3.8) is 0 Å². The van der Waals surface area contributed by atoms with E-state index in [1.54, 1.807) is 21.0 Å². The summed E-state index contributed by atoms with van der Waals surface area (Å²) in [6, 6.07) is 5.85. The summed E-state index contributed by atoms with van der Waals surface area (Å²) in [6.45, 7) is 7.55. The van der Waals surface area contributed by atoms with Crippen LogP contribution in [0.15, 0.2) is 18.2 Å². The molecule has 0 aliphatic heterocycles. The molecule has 0 radical (unpaired) electrons. The molecule has 0 atom stereocenters. The summed E-state index contributed by atoms with van der Waals surface area (Å²) >= 11 is 0. The summed E-state index contributed by atoms with van der Waals surface area (Å²) in [4.78, 5) is 12.1. The summed E-state index contributed by atoms with van der Waals surface area (Å²) < 4.78 is 5.18. The lowest BCUT2D eigenvalue weighted by atomic mass is 9.94. The Labute approximate surface area is 91.3 Å². The van der Waals surface area contributed by atoms with Gasteiger partial charge >= 0.3 is 0 Å². The second-order valence-electron chi connectivity index (χ2n) is 4.42. The molecule has 0 amide bonds. The van der Waals surface area contributed by atoms with Gasteiger partial charge in [0.15, 0.2) is 5.78 Å². The summed E-state index contributed by atoms with van der Waals surface area (Å²) in [5, 5.41) is 0. The van der Waals surface area contributed by atoms with Crippen LogP contribution in [-0.4, -0.2) is 18.5 Å². The van der Waals surface area contributed by atoms with Crippen LogP contribution in [0.3, 0.4) is 0 Å². The zero-order valence-corrected chi connectivity index (χ0v) is 10.0. The average Bonchev–Trinajstić information content (AvgIpc) is 2.15. The Morgan fingerprint density at radius 1 is 1.13 bits per heavy atom. The third kappa shape index (κ3) is 2.66. The molecule has 0 heterocycles. The Kier molecular flexibility index (Phi) is 3.30. The normalized spacial score (nSPS) is 11.5. The number of rotatable bonds is 3. The molecule has 0 unspecified atom stereocenters. The molecule has 0 saturated heterocycles. The summed E-state index contributed by atoms with van der Waals surface area (Å²) in [5.74, 6) is 0.0248. The minimum Gasteiger partial charge on any atom is -0.371 e. The number of ether oxygens (including phenoxy) is 1. The molecule has 0 aliphatic rings. The van der Waals surface area contributed by atoms with Crippen molar-refractivity contribution < 1.29 is 9.53 Å². The third-order valence-corrected chi connectivity index (χ3v) is 2.54. The van der Waals surface area contributed by atoms with Crippen molar-refractivity contribution in [3.8, 4) is 0 Å². The van der Waals surface area contributed by atoms with Gasteiger partial charge in [-0.25, -0.2) is 0 Å². The Balaban J connectivity index is 3.12. The smallest absolute Gasteiger partial charge is 0.194 e. The molecular formula is C13H18O2. The lowest BCUT2D eigenvalue weighted by Gasteiger charge is -2.21. The molecule has 0 spiro atoms. The van der Waals surface area contributed by atoms with E-state index in [0.717, 1.165) is 16.7 Å². The van der Waals surface area contributed by atoms with Gasteiger partial charge in [-0.3, -0.25) is 4.79 Å². The molecule has 0 N–H and O–H groups in total. The van der Waals surface area contributed by atoms with E-state index in [2.05, 4.69) is 6.07 Å². The van der Waals surface area contributed by atoms with Gasteiger partial charge in [-0.1, -0.05) is 17.2 Å². The number of carbonyl (C=O) groups is 1. The van der Waals surface area contributed by atoms with Crippen molar-refractivity contribution >= 4 is 5.78 Å². The molecular weight excluding hydrogens is 188 g/mol. The van der Waals surface area contributed by atoms with Gasteiger partial charge in [0.05, 0.1) is 0 Å². The van der Waals surface area contributed by atoms with Gasteiger partial charge in [-0.2, -0.15) is 0 Å². The molecule has 82 valence electrons. The van der Waals surface area contributed by atoms with Gasteiger partial charge in [-0.05, 0) is 39.8 Å². The van der Waals surface area contributed by atoms with Crippen molar-refractivity contribution in [2.24, 2.45) is 0 Å². The molecule has 1 rings (SSSR count). The highest BCUT2D eigenvalue weighted by Gasteiger charge is 2.28. The molecule has 0 fully saturated rings. The van der Waals surface area contributed by atoms with E-state index in [-0.39, 0.29) is 5.78 Å². The summed E-state index contributed by atoms with van der Waals surface area (Å²) in [6.07, 6.45) is 0. The van der Waals surface area contributed by atoms with E-state index < -0.39 is 5.60 Å². The van der Waals surface area contributed by atoms with Crippen LogP contribution in [0.1, 0.15) is 35.3 Å². The summed E-state index contributed by atoms with van der Waals surface area (Å²) in [5.41, 5.74) is 2.18. The van der Waals surface area contributed by atoms with E-state index in [0.29, 0.717) is 0 Å². The first-order chi connectivity index (χ1) is 6.86. The zero-order valence-electron chi connectivity index (χ0n) is 10.0. The molecule has 0 aliphatic carbocycles. The molecule has 0 saturated carbocycles. The zero-order chi connectivity index (χ0) is 11.6. The van der Waals surface area contributed by atoms with Gasteiger partial charge in [0.2, 0.25) is 0 Å². The lowest BCUT2D eigenvalue weighted by Crippen LogP contribution is -2.33. The number of hydrogen-bond acceptors (Lipinski definition) is 2. The number of benzene rings is 1. The van der Waals surface area contributed by atoms with Crippen molar-refractivity contribution in [2.45, 2.75) is 33.3 Å². The average molecular weight is 206 g/mol. The first-order valence-corrected chi connectivity index (χ1v) is 5.05. The highest BCUT2D eigenvalue weighted by atomic mass is 16.5. The third-order valence-electron chi connectivity index (χ3n) is 2.54. The van der Waals surface area contributed by atoms with Crippen LogP contribution in [0.4, 0.5) is 0 Å². The van der Waals surface area contributed by atoms with Crippen LogP contribution in [0, 0.1) is 13.8 Å². The lowest BCUT2D eigenvalue weighted by molar-refractivity contribution is 0.0228. The van der Waals surface area contributed by atoms with E-state index in [1.807, 2.05) is 26.0 Å². The number of ketones is 1. The van der Waals surface area contributed by atoms with Gasteiger partial charge in [-0.15, -0.1) is 0 Å². The minimum absolute atomic E-state index is 0.0248. The Morgan fingerprint density at radius 3 is 2.00 bits per heavy atom. The number of carbonyl (C=O) groups excluding carboxylic acids is 1. The second-order valence-corrected chi connectivity index (χ2v) is 4.42. The highest BCUT2D eigenvalue weighted by Crippen LogP contribution is 2.18. The van der Waals surface area contributed by atoms with Crippen LogP contribution in [-0.2, 0) is 4.74 Å². The quantitative estimate of drug-likeness (QED) is 0.711. The van der Waals surface area contributed by atoms with E-state index in [9.17, 15) is 4.79 Å². The Bertz CT molecular complexity index is 358. The largest absolute Gasteiger partial charge is 0.371 e. The van der Waals surface area contributed by atoms with Gasteiger partial charge < -0.3 is 4.74 Å². The molecule has 1 aromatic carbocycles.